The minimum atomic E-state index is 0.564. The van der Waals surface area contributed by atoms with Crippen molar-refractivity contribution in [1.29, 1.82) is 0 Å². The summed E-state index contributed by atoms with van der Waals surface area (Å²) in [7, 11) is 0. The molecule has 0 aliphatic carbocycles. The van der Waals surface area contributed by atoms with E-state index in [4.69, 9.17) is 5.73 Å². The Morgan fingerprint density at radius 1 is 1.21 bits per heavy atom. The number of aromatic nitrogens is 5. The highest BCUT2D eigenvalue weighted by Gasteiger charge is 2.15. The van der Waals surface area contributed by atoms with Gasteiger partial charge in [0.25, 0.3) is 0 Å². The van der Waals surface area contributed by atoms with Gasteiger partial charge in [-0.15, -0.1) is 10.2 Å². The summed E-state index contributed by atoms with van der Waals surface area (Å²) < 4.78 is 3.63. The van der Waals surface area contributed by atoms with Crippen LogP contribution in [-0.2, 0) is 6.54 Å². The van der Waals surface area contributed by atoms with E-state index in [2.05, 4.69) is 15.3 Å². The van der Waals surface area contributed by atoms with Crippen LogP contribution in [0.5, 0.6) is 0 Å². The summed E-state index contributed by atoms with van der Waals surface area (Å²) in [4.78, 5) is 0. The Labute approximate surface area is 110 Å². The minimum Gasteiger partial charge on any atom is -0.383 e. The minimum absolute atomic E-state index is 0.564. The van der Waals surface area contributed by atoms with E-state index >= 15 is 0 Å². The summed E-state index contributed by atoms with van der Waals surface area (Å²) in [5.41, 5.74) is 7.89. The van der Waals surface area contributed by atoms with E-state index in [0.717, 1.165) is 23.6 Å². The van der Waals surface area contributed by atoms with Crippen LogP contribution < -0.4 is 5.73 Å². The van der Waals surface area contributed by atoms with Crippen molar-refractivity contribution in [2.45, 2.75) is 13.5 Å². The second-order valence-corrected chi connectivity index (χ2v) is 4.13. The van der Waals surface area contributed by atoms with Crippen molar-refractivity contribution in [1.82, 2.24) is 24.5 Å². The summed E-state index contributed by atoms with van der Waals surface area (Å²) in [6.45, 7) is 2.82. The molecular formula is C13H14N6. The van der Waals surface area contributed by atoms with Gasteiger partial charge >= 0.3 is 0 Å². The predicted octanol–water partition coefficient (Wildman–Crippen LogP) is 1.73. The molecule has 2 aromatic heterocycles. The van der Waals surface area contributed by atoms with Gasteiger partial charge in [0, 0.05) is 6.54 Å². The van der Waals surface area contributed by atoms with E-state index in [0.29, 0.717) is 5.82 Å². The monoisotopic (exact) mass is 254 g/mol. The van der Waals surface area contributed by atoms with Crippen molar-refractivity contribution in [2.75, 3.05) is 5.73 Å². The third-order valence-corrected chi connectivity index (χ3v) is 3.00. The lowest BCUT2D eigenvalue weighted by atomic mass is 10.3. The van der Waals surface area contributed by atoms with E-state index in [1.807, 2.05) is 41.8 Å². The van der Waals surface area contributed by atoms with Gasteiger partial charge in [-0.1, -0.05) is 18.2 Å². The predicted molar refractivity (Wildman–Crippen MR) is 72.7 cm³/mol. The third-order valence-electron chi connectivity index (χ3n) is 3.00. The van der Waals surface area contributed by atoms with Crippen LogP contribution in [0.15, 0.2) is 42.9 Å². The Kier molecular flexibility index (Phi) is 2.75. The van der Waals surface area contributed by atoms with Crippen molar-refractivity contribution >= 4 is 5.82 Å². The molecule has 0 fully saturated rings. The summed E-state index contributed by atoms with van der Waals surface area (Å²) >= 11 is 0. The van der Waals surface area contributed by atoms with Gasteiger partial charge in [-0.3, -0.25) is 0 Å². The molecule has 3 rings (SSSR count). The maximum atomic E-state index is 6.17. The van der Waals surface area contributed by atoms with Crippen LogP contribution in [0.2, 0.25) is 0 Å². The molecule has 0 spiro atoms. The zero-order valence-corrected chi connectivity index (χ0v) is 10.6. The lowest BCUT2D eigenvalue weighted by Gasteiger charge is -2.05. The molecule has 0 aliphatic heterocycles. The van der Waals surface area contributed by atoms with E-state index < -0.39 is 0 Å². The van der Waals surface area contributed by atoms with Gasteiger partial charge < -0.3 is 10.3 Å². The van der Waals surface area contributed by atoms with Crippen molar-refractivity contribution in [3.05, 3.63) is 42.9 Å². The molecule has 6 heteroatoms. The number of hydrogen-bond donors (Lipinski definition) is 1. The maximum Gasteiger partial charge on any atom is 0.169 e. The average molecular weight is 254 g/mol. The fourth-order valence-electron chi connectivity index (χ4n) is 2.00. The van der Waals surface area contributed by atoms with Crippen LogP contribution in [0.4, 0.5) is 5.82 Å². The molecular weight excluding hydrogens is 240 g/mol. The first kappa shape index (κ1) is 11.5. The first-order chi connectivity index (χ1) is 9.31. The highest BCUT2D eigenvalue weighted by Crippen LogP contribution is 2.25. The van der Waals surface area contributed by atoms with Crippen molar-refractivity contribution in [3.63, 3.8) is 0 Å². The van der Waals surface area contributed by atoms with E-state index in [-0.39, 0.29) is 0 Å². The molecule has 0 bridgehead atoms. The van der Waals surface area contributed by atoms with Crippen LogP contribution >= 0.6 is 0 Å². The van der Waals surface area contributed by atoms with Crippen LogP contribution in [0, 0.1) is 0 Å². The number of benzene rings is 1. The third kappa shape index (κ3) is 1.87. The molecule has 2 heterocycles. The molecule has 0 saturated carbocycles. The molecule has 0 saturated heterocycles. The topological polar surface area (TPSA) is 74.5 Å². The number of anilines is 1. The number of rotatable bonds is 3. The molecule has 0 amide bonds. The smallest absolute Gasteiger partial charge is 0.169 e. The highest BCUT2D eigenvalue weighted by molar-refractivity contribution is 5.69. The second-order valence-electron chi connectivity index (χ2n) is 4.13. The number of nitrogens with two attached hydrogens (primary N) is 1. The van der Waals surface area contributed by atoms with Crippen LogP contribution in [-0.4, -0.2) is 24.5 Å². The second kappa shape index (κ2) is 4.56. The Morgan fingerprint density at radius 2 is 2.00 bits per heavy atom. The molecule has 6 nitrogen and oxygen atoms in total. The first-order valence-electron chi connectivity index (χ1n) is 6.08. The lowest BCUT2D eigenvalue weighted by molar-refractivity contribution is 0.767. The quantitative estimate of drug-likeness (QED) is 0.772. The molecule has 0 atom stereocenters. The summed E-state index contributed by atoms with van der Waals surface area (Å²) in [6, 6.07) is 9.77. The van der Waals surface area contributed by atoms with Gasteiger partial charge in [-0.05, 0) is 19.1 Å². The zero-order chi connectivity index (χ0) is 13.2. The number of aryl methyl sites for hydroxylation is 1. The first-order valence-corrected chi connectivity index (χ1v) is 6.08. The number of para-hydroxylation sites is 1. The maximum absolute atomic E-state index is 6.17. The molecule has 0 unspecified atom stereocenters. The highest BCUT2D eigenvalue weighted by atomic mass is 15.3. The van der Waals surface area contributed by atoms with Crippen LogP contribution in [0.1, 0.15) is 6.92 Å². The Bertz CT molecular complexity index is 682. The van der Waals surface area contributed by atoms with Crippen LogP contribution in [0.25, 0.3) is 17.1 Å². The SMILES string of the molecule is CCn1cnnc1-c1cnn(-c2ccccc2)c1N. The van der Waals surface area contributed by atoms with Gasteiger partial charge in [-0.25, -0.2) is 4.68 Å². The lowest BCUT2D eigenvalue weighted by Crippen LogP contribution is -2.03. The van der Waals surface area contributed by atoms with E-state index in [9.17, 15) is 0 Å². The van der Waals surface area contributed by atoms with E-state index in [1.165, 1.54) is 0 Å². The molecule has 19 heavy (non-hydrogen) atoms. The standard InChI is InChI=1S/C13H14N6/c1-2-18-9-15-17-13(18)11-8-16-19(12(11)14)10-6-4-3-5-7-10/h3-9H,2,14H2,1H3. The number of nitrogens with zero attached hydrogens (tertiary/aromatic N) is 5. The molecule has 3 aromatic rings. The number of nitrogen functional groups attached to an aromatic ring is 1. The molecule has 0 radical (unpaired) electrons. The summed E-state index contributed by atoms with van der Waals surface area (Å²) in [6.07, 6.45) is 3.41. The van der Waals surface area contributed by atoms with E-state index in [1.54, 1.807) is 17.2 Å². The Hall–Kier alpha value is -2.63. The largest absolute Gasteiger partial charge is 0.383 e. The zero-order valence-electron chi connectivity index (χ0n) is 10.6. The van der Waals surface area contributed by atoms with Gasteiger partial charge in [0.15, 0.2) is 5.82 Å². The van der Waals surface area contributed by atoms with Crippen LogP contribution in [0.3, 0.4) is 0 Å². The Morgan fingerprint density at radius 3 is 2.74 bits per heavy atom. The Balaban J connectivity index is 2.09. The molecule has 0 aliphatic rings. The van der Waals surface area contributed by atoms with Gasteiger partial charge in [0.1, 0.15) is 12.1 Å². The fourth-order valence-corrected chi connectivity index (χ4v) is 2.00. The average Bonchev–Trinajstić information content (AvgIpc) is 3.05. The van der Waals surface area contributed by atoms with Gasteiger partial charge in [0.2, 0.25) is 0 Å². The van der Waals surface area contributed by atoms with Crippen molar-refractivity contribution < 1.29 is 0 Å². The summed E-state index contributed by atoms with van der Waals surface area (Å²) in [5, 5.41) is 12.3. The molecule has 2 N–H and O–H groups in total. The summed E-state index contributed by atoms with van der Waals surface area (Å²) in [5.74, 6) is 1.30. The van der Waals surface area contributed by atoms with Gasteiger partial charge in [0.05, 0.1) is 17.4 Å². The number of hydrogen-bond acceptors (Lipinski definition) is 4. The molecule has 1 aromatic carbocycles. The molecule has 96 valence electrons. The van der Waals surface area contributed by atoms with Crippen molar-refractivity contribution in [2.24, 2.45) is 0 Å². The fraction of sp³-hybridized carbons (Fsp3) is 0.154. The normalized spacial score (nSPS) is 10.8. The van der Waals surface area contributed by atoms with Crippen molar-refractivity contribution in [3.8, 4) is 17.1 Å². The van der Waals surface area contributed by atoms with Gasteiger partial charge in [-0.2, -0.15) is 5.10 Å².